The van der Waals surface area contributed by atoms with Crippen LogP contribution >= 0.6 is 0 Å². The van der Waals surface area contributed by atoms with Gasteiger partial charge in [-0.05, 0) is 64.1 Å². The molecule has 0 aliphatic carbocycles. The minimum Gasteiger partial charge on any atom is -0.491 e. The summed E-state index contributed by atoms with van der Waals surface area (Å²) in [6.45, 7) is 9.67. The Morgan fingerprint density at radius 1 is 1.13 bits per heavy atom. The first kappa shape index (κ1) is 23.7. The van der Waals surface area contributed by atoms with Gasteiger partial charge in [0.2, 0.25) is 10.0 Å². The van der Waals surface area contributed by atoms with Crippen LogP contribution in [0.4, 0.5) is 0 Å². The van der Waals surface area contributed by atoms with E-state index in [0.29, 0.717) is 25.6 Å². The van der Waals surface area contributed by atoms with Gasteiger partial charge in [-0.15, -0.1) is 0 Å². The Bertz CT molecular complexity index is 972. The van der Waals surface area contributed by atoms with Gasteiger partial charge in [0.1, 0.15) is 5.75 Å². The molecule has 0 spiro atoms. The predicted octanol–water partition coefficient (Wildman–Crippen LogP) is 2.95. The van der Waals surface area contributed by atoms with Crippen LogP contribution in [0.1, 0.15) is 37.5 Å². The Morgan fingerprint density at radius 2 is 1.90 bits per heavy atom. The van der Waals surface area contributed by atoms with E-state index in [1.54, 1.807) is 18.2 Å². The van der Waals surface area contributed by atoms with Gasteiger partial charge in [-0.3, -0.25) is 0 Å². The number of rotatable bonds is 9. The second-order valence-electron chi connectivity index (χ2n) is 7.18. The number of aryl methyl sites for hydroxylation is 1. The zero-order chi connectivity index (χ0) is 22.1. The van der Waals surface area contributed by atoms with Crippen LogP contribution in [0.25, 0.3) is 0 Å². The summed E-state index contributed by atoms with van der Waals surface area (Å²) >= 11 is 0. The van der Waals surface area contributed by atoms with Gasteiger partial charge in [0.15, 0.2) is 5.96 Å². The zero-order valence-corrected chi connectivity index (χ0v) is 19.1. The number of guanidine groups is 1. The maximum absolute atomic E-state index is 12.0. The van der Waals surface area contributed by atoms with Gasteiger partial charge < -0.3 is 15.4 Å². The van der Waals surface area contributed by atoms with Crippen molar-refractivity contribution in [1.82, 2.24) is 15.4 Å². The molecule has 0 saturated heterocycles. The molecule has 2 aromatic rings. The highest BCUT2D eigenvalue weighted by atomic mass is 32.2. The van der Waals surface area contributed by atoms with Gasteiger partial charge in [0.05, 0.1) is 17.5 Å². The lowest BCUT2D eigenvalue weighted by Crippen LogP contribution is -2.36. The van der Waals surface area contributed by atoms with Crippen molar-refractivity contribution in [3.63, 3.8) is 0 Å². The first-order valence-electron chi connectivity index (χ1n) is 10.1. The van der Waals surface area contributed by atoms with Gasteiger partial charge in [0, 0.05) is 18.7 Å². The molecule has 8 heteroatoms. The highest BCUT2D eigenvalue weighted by Crippen LogP contribution is 2.21. The Morgan fingerprint density at radius 3 is 2.57 bits per heavy atom. The normalized spacial score (nSPS) is 12.1. The van der Waals surface area contributed by atoms with Crippen molar-refractivity contribution in [2.24, 2.45) is 4.99 Å². The lowest BCUT2D eigenvalue weighted by molar-refractivity contribution is 0.239. The summed E-state index contributed by atoms with van der Waals surface area (Å²) in [5, 5.41) is 6.54. The molecular formula is C22H32N4O3S. The molecule has 0 atom stereocenters. The average Bonchev–Trinajstić information content (AvgIpc) is 2.71. The minimum absolute atomic E-state index is 0.0913. The third kappa shape index (κ3) is 7.03. The molecular weight excluding hydrogens is 400 g/mol. The maximum Gasteiger partial charge on any atom is 0.240 e. The summed E-state index contributed by atoms with van der Waals surface area (Å²) in [5.74, 6) is 1.51. The molecule has 30 heavy (non-hydrogen) atoms. The highest BCUT2D eigenvalue weighted by Gasteiger charge is 2.11. The van der Waals surface area contributed by atoms with E-state index in [0.717, 1.165) is 22.4 Å². The van der Waals surface area contributed by atoms with Crippen molar-refractivity contribution < 1.29 is 13.2 Å². The van der Waals surface area contributed by atoms with E-state index in [2.05, 4.69) is 32.5 Å². The third-order valence-corrected chi connectivity index (χ3v) is 5.69. The molecule has 0 bridgehead atoms. The molecule has 0 aliphatic heterocycles. The molecule has 0 radical (unpaired) electrons. The van der Waals surface area contributed by atoms with Gasteiger partial charge in [0.25, 0.3) is 0 Å². The fourth-order valence-corrected chi connectivity index (χ4v) is 3.59. The Labute approximate surface area is 180 Å². The van der Waals surface area contributed by atoms with Gasteiger partial charge in [-0.2, -0.15) is 0 Å². The Balaban J connectivity index is 2.14. The smallest absolute Gasteiger partial charge is 0.240 e. The molecule has 0 amide bonds. The standard InChI is InChI=1S/C22H32N4O3S/c1-6-24-22(25-14-18-8-7-9-20(13-18)30(27,28)23-5)26-15-19-11-10-17(4)12-21(19)29-16(2)3/h7-13,16,23H,6,14-15H2,1-5H3,(H2,24,25,26). The third-order valence-electron chi connectivity index (χ3n) is 4.27. The monoisotopic (exact) mass is 432 g/mol. The largest absolute Gasteiger partial charge is 0.491 e. The summed E-state index contributed by atoms with van der Waals surface area (Å²) < 4.78 is 32.3. The topological polar surface area (TPSA) is 91.8 Å². The summed E-state index contributed by atoms with van der Waals surface area (Å²) in [5.41, 5.74) is 3.00. The number of aliphatic imine (C=N–C) groups is 1. The van der Waals surface area contributed by atoms with Gasteiger partial charge in [-0.1, -0.05) is 24.3 Å². The van der Waals surface area contributed by atoms with Crippen LogP contribution in [0.15, 0.2) is 52.4 Å². The maximum atomic E-state index is 12.0. The van der Waals surface area contributed by atoms with E-state index in [-0.39, 0.29) is 11.0 Å². The number of hydrogen-bond acceptors (Lipinski definition) is 4. The van der Waals surface area contributed by atoms with E-state index in [1.165, 1.54) is 7.05 Å². The minimum atomic E-state index is -3.48. The number of sulfonamides is 1. The number of hydrogen-bond donors (Lipinski definition) is 3. The summed E-state index contributed by atoms with van der Waals surface area (Å²) in [6.07, 6.45) is 0.0913. The second-order valence-corrected chi connectivity index (χ2v) is 9.07. The number of ether oxygens (including phenoxy) is 1. The molecule has 164 valence electrons. The predicted molar refractivity (Wildman–Crippen MR) is 121 cm³/mol. The van der Waals surface area contributed by atoms with Crippen LogP contribution in [-0.2, 0) is 23.1 Å². The fraction of sp³-hybridized carbons (Fsp3) is 0.409. The van der Waals surface area contributed by atoms with Crippen LogP contribution in [0.2, 0.25) is 0 Å². The van der Waals surface area contributed by atoms with Crippen molar-refractivity contribution >= 4 is 16.0 Å². The van der Waals surface area contributed by atoms with Crippen LogP contribution in [-0.4, -0.2) is 34.1 Å². The number of benzene rings is 2. The van der Waals surface area contributed by atoms with E-state index >= 15 is 0 Å². The molecule has 2 aromatic carbocycles. The molecule has 2 rings (SSSR count). The quantitative estimate of drug-likeness (QED) is 0.419. The van der Waals surface area contributed by atoms with Crippen molar-refractivity contribution in [3.8, 4) is 5.75 Å². The Hall–Kier alpha value is -2.58. The summed E-state index contributed by atoms with van der Waals surface area (Å²) in [7, 11) is -2.08. The second kappa shape index (κ2) is 11.0. The first-order chi connectivity index (χ1) is 14.2. The van der Waals surface area contributed by atoms with Crippen molar-refractivity contribution in [3.05, 3.63) is 59.2 Å². The number of nitrogens with zero attached hydrogens (tertiary/aromatic N) is 1. The van der Waals surface area contributed by atoms with Crippen LogP contribution in [0.5, 0.6) is 5.75 Å². The lowest BCUT2D eigenvalue weighted by atomic mass is 10.1. The summed E-state index contributed by atoms with van der Waals surface area (Å²) in [6, 6.07) is 12.9. The molecule has 0 unspecified atom stereocenters. The highest BCUT2D eigenvalue weighted by molar-refractivity contribution is 7.89. The SMILES string of the molecule is CCNC(=NCc1cccc(S(=O)(=O)NC)c1)NCc1ccc(C)cc1OC(C)C. The molecule has 7 nitrogen and oxygen atoms in total. The van der Waals surface area contributed by atoms with Crippen molar-refractivity contribution in [2.45, 2.75) is 51.8 Å². The molecule has 0 fully saturated rings. The lowest BCUT2D eigenvalue weighted by Gasteiger charge is -2.17. The molecule has 0 aromatic heterocycles. The van der Waals surface area contributed by atoms with Crippen molar-refractivity contribution in [2.75, 3.05) is 13.6 Å². The summed E-state index contributed by atoms with van der Waals surface area (Å²) in [4.78, 5) is 4.82. The number of nitrogens with one attached hydrogen (secondary N) is 3. The molecule has 0 aliphatic rings. The molecule has 0 saturated carbocycles. The van der Waals surface area contributed by atoms with Crippen LogP contribution in [0, 0.1) is 6.92 Å². The van der Waals surface area contributed by atoms with Crippen LogP contribution < -0.4 is 20.1 Å². The van der Waals surface area contributed by atoms with E-state index in [1.807, 2.05) is 39.8 Å². The van der Waals surface area contributed by atoms with E-state index < -0.39 is 10.0 Å². The van der Waals surface area contributed by atoms with E-state index in [9.17, 15) is 8.42 Å². The zero-order valence-electron chi connectivity index (χ0n) is 18.3. The fourth-order valence-electron chi connectivity index (χ4n) is 2.79. The first-order valence-corrected chi connectivity index (χ1v) is 11.5. The van der Waals surface area contributed by atoms with E-state index in [4.69, 9.17) is 4.74 Å². The molecule has 3 N–H and O–H groups in total. The van der Waals surface area contributed by atoms with Crippen molar-refractivity contribution in [1.29, 1.82) is 0 Å². The molecule has 0 heterocycles. The average molecular weight is 433 g/mol. The van der Waals surface area contributed by atoms with Gasteiger partial charge >= 0.3 is 0 Å². The Kier molecular flexibility index (Phi) is 8.68. The van der Waals surface area contributed by atoms with Gasteiger partial charge in [-0.25, -0.2) is 18.1 Å². The van der Waals surface area contributed by atoms with Crippen LogP contribution in [0.3, 0.4) is 0 Å².